The normalized spacial score (nSPS) is 10.5. The summed E-state index contributed by atoms with van der Waals surface area (Å²) in [6.07, 6.45) is 2.06. The first kappa shape index (κ1) is 8.52. The van der Waals surface area contributed by atoms with E-state index in [1.807, 2.05) is 12.1 Å². The Kier molecular flexibility index (Phi) is 2.46. The third kappa shape index (κ3) is 1.65. The topological polar surface area (TPSA) is 3.88 Å². The monoisotopic (exact) mass is 192 g/mol. The molecule has 66 valence electrons. The number of benzene rings is 1. The molecule has 0 amide bonds. The van der Waals surface area contributed by atoms with Crippen molar-refractivity contribution in [3.63, 3.8) is 0 Å². The highest BCUT2D eigenvalue weighted by molar-refractivity contribution is 6.17. The smallest absolute Gasteiger partial charge is 0.197 e. The van der Waals surface area contributed by atoms with E-state index >= 15 is 0 Å². The molecule has 0 aliphatic rings. The van der Waals surface area contributed by atoms with Crippen molar-refractivity contribution in [1.29, 1.82) is 0 Å². The molecular formula is C11H11ClN+. The van der Waals surface area contributed by atoms with Crippen molar-refractivity contribution < 1.29 is 4.57 Å². The number of hydrogen-bond donors (Lipinski definition) is 0. The van der Waals surface area contributed by atoms with Crippen LogP contribution in [0.3, 0.4) is 0 Å². The van der Waals surface area contributed by atoms with Crippen molar-refractivity contribution in [2.24, 2.45) is 0 Å². The minimum absolute atomic E-state index is 0.651. The Bertz CT molecular complexity index is 406. The van der Waals surface area contributed by atoms with Crippen LogP contribution in [0.5, 0.6) is 0 Å². The average Bonchev–Trinajstić information content (AvgIpc) is 2.19. The molecule has 0 radical (unpaired) electrons. The van der Waals surface area contributed by atoms with Gasteiger partial charge in [-0.1, -0.05) is 12.1 Å². The molecule has 1 heterocycles. The highest BCUT2D eigenvalue weighted by Crippen LogP contribution is 2.07. The second kappa shape index (κ2) is 3.75. The summed E-state index contributed by atoms with van der Waals surface area (Å²) < 4.78 is 2.17. The lowest BCUT2D eigenvalue weighted by molar-refractivity contribution is -0.666. The van der Waals surface area contributed by atoms with Crippen LogP contribution in [0.25, 0.3) is 10.9 Å². The molecular weight excluding hydrogens is 182 g/mol. The molecule has 2 heteroatoms. The molecule has 13 heavy (non-hydrogen) atoms. The van der Waals surface area contributed by atoms with Crippen LogP contribution in [-0.2, 0) is 6.54 Å². The maximum atomic E-state index is 5.72. The Morgan fingerprint density at radius 2 is 1.85 bits per heavy atom. The lowest BCUT2D eigenvalue weighted by atomic mass is 10.2. The summed E-state index contributed by atoms with van der Waals surface area (Å²) in [7, 11) is 0. The van der Waals surface area contributed by atoms with Crippen LogP contribution in [-0.4, -0.2) is 5.88 Å². The summed E-state index contributed by atoms with van der Waals surface area (Å²) in [5.41, 5.74) is 1.24. The molecule has 0 saturated heterocycles. The first-order valence-electron chi connectivity index (χ1n) is 4.35. The van der Waals surface area contributed by atoms with Crippen LogP contribution in [0.4, 0.5) is 0 Å². The fourth-order valence-electron chi connectivity index (χ4n) is 1.51. The van der Waals surface area contributed by atoms with Crippen LogP contribution in [0.1, 0.15) is 0 Å². The quantitative estimate of drug-likeness (QED) is 0.508. The molecule has 1 aromatic carbocycles. The number of hydrogen-bond acceptors (Lipinski definition) is 0. The SMILES string of the molecule is ClCC[n+]1cccc2ccccc21. The molecule has 0 aliphatic heterocycles. The highest BCUT2D eigenvalue weighted by Gasteiger charge is 2.04. The van der Waals surface area contributed by atoms with Gasteiger partial charge in [0.05, 0.1) is 5.88 Å². The summed E-state index contributed by atoms with van der Waals surface area (Å²) >= 11 is 5.72. The van der Waals surface area contributed by atoms with E-state index in [1.54, 1.807) is 0 Å². The van der Waals surface area contributed by atoms with Crippen LogP contribution in [0.2, 0.25) is 0 Å². The van der Waals surface area contributed by atoms with Crippen molar-refractivity contribution in [3.8, 4) is 0 Å². The van der Waals surface area contributed by atoms with Gasteiger partial charge in [0, 0.05) is 17.5 Å². The van der Waals surface area contributed by atoms with Gasteiger partial charge in [-0.3, -0.25) is 0 Å². The molecule has 0 unspecified atom stereocenters. The van der Waals surface area contributed by atoms with Crippen LogP contribution >= 0.6 is 11.6 Å². The van der Waals surface area contributed by atoms with E-state index in [9.17, 15) is 0 Å². The number of halogens is 1. The van der Waals surface area contributed by atoms with Crippen LogP contribution in [0, 0.1) is 0 Å². The molecule has 2 rings (SSSR count). The zero-order valence-corrected chi connectivity index (χ0v) is 8.04. The van der Waals surface area contributed by atoms with Gasteiger partial charge < -0.3 is 0 Å². The Balaban J connectivity index is 2.61. The van der Waals surface area contributed by atoms with Crippen molar-refractivity contribution in [3.05, 3.63) is 42.6 Å². The number of pyridine rings is 1. The Morgan fingerprint density at radius 1 is 1.08 bits per heavy atom. The first-order valence-corrected chi connectivity index (χ1v) is 4.88. The fourth-order valence-corrected chi connectivity index (χ4v) is 1.69. The summed E-state index contributed by atoms with van der Waals surface area (Å²) in [5.74, 6) is 0.651. The number of para-hydroxylation sites is 1. The van der Waals surface area contributed by atoms with Crippen molar-refractivity contribution in [2.45, 2.75) is 6.54 Å². The van der Waals surface area contributed by atoms with E-state index in [2.05, 4.69) is 35.0 Å². The third-order valence-electron chi connectivity index (χ3n) is 2.11. The first-order chi connectivity index (χ1) is 6.42. The van der Waals surface area contributed by atoms with Crippen LogP contribution in [0.15, 0.2) is 42.6 Å². The lowest BCUT2D eigenvalue weighted by Gasteiger charge is -1.97. The fraction of sp³-hybridized carbons (Fsp3) is 0.182. The molecule has 0 N–H and O–H groups in total. The largest absolute Gasteiger partial charge is 0.212 e. The number of aromatic nitrogens is 1. The molecule has 0 spiro atoms. The van der Waals surface area contributed by atoms with Gasteiger partial charge in [-0.2, -0.15) is 4.57 Å². The zero-order chi connectivity index (χ0) is 9.10. The van der Waals surface area contributed by atoms with Crippen molar-refractivity contribution >= 4 is 22.5 Å². The Hall–Kier alpha value is -1.08. The van der Waals surface area contributed by atoms with Gasteiger partial charge in [0.1, 0.15) is 0 Å². The second-order valence-corrected chi connectivity index (χ2v) is 3.33. The van der Waals surface area contributed by atoms with E-state index in [1.165, 1.54) is 10.9 Å². The number of rotatable bonds is 2. The van der Waals surface area contributed by atoms with Crippen LogP contribution < -0.4 is 4.57 Å². The molecule has 0 saturated carbocycles. The van der Waals surface area contributed by atoms with E-state index in [0.29, 0.717) is 5.88 Å². The van der Waals surface area contributed by atoms with E-state index < -0.39 is 0 Å². The third-order valence-corrected chi connectivity index (χ3v) is 2.28. The predicted molar refractivity (Wildman–Crippen MR) is 54.9 cm³/mol. The van der Waals surface area contributed by atoms with Gasteiger partial charge in [0.15, 0.2) is 12.7 Å². The molecule has 0 aliphatic carbocycles. The maximum Gasteiger partial charge on any atom is 0.212 e. The van der Waals surface area contributed by atoms with E-state index in [-0.39, 0.29) is 0 Å². The van der Waals surface area contributed by atoms with Gasteiger partial charge in [0.25, 0.3) is 0 Å². The second-order valence-electron chi connectivity index (χ2n) is 2.95. The molecule has 0 fully saturated rings. The van der Waals surface area contributed by atoms with E-state index in [0.717, 1.165) is 6.54 Å². The standard InChI is InChI=1S/C11H11ClN/c12-7-9-13-8-3-5-10-4-1-2-6-11(10)13/h1-6,8H,7,9H2/q+1. The maximum absolute atomic E-state index is 5.72. The van der Waals surface area contributed by atoms with Gasteiger partial charge in [-0.25, -0.2) is 0 Å². The predicted octanol–water partition coefficient (Wildman–Crippen LogP) is 2.37. The van der Waals surface area contributed by atoms with Crippen molar-refractivity contribution in [1.82, 2.24) is 0 Å². The van der Waals surface area contributed by atoms with Crippen molar-refractivity contribution in [2.75, 3.05) is 5.88 Å². The highest BCUT2D eigenvalue weighted by atomic mass is 35.5. The zero-order valence-electron chi connectivity index (χ0n) is 7.28. The van der Waals surface area contributed by atoms with Gasteiger partial charge >= 0.3 is 0 Å². The molecule has 1 aromatic heterocycles. The average molecular weight is 193 g/mol. The number of fused-ring (bicyclic) bond motifs is 1. The van der Waals surface area contributed by atoms with Gasteiger partial charge in [-0.15, -0.1) is 11.6 Å². The summed E-state index contributed by atoms with van der Waals surface area (Å²) in [4.78, 5) is 0. The summed E-state index contributed by atoms with van der Waals surface area (Å²) in [5, 5.41) is 1.26. The number of alkyl halides is 1. The number of nitrogens with zero attached hydrogens (tertiary/aromatic N) is 1. The van der Waals surface area contributed by atoms with E-state index in [4.69, 9.17) is 11.6 Å². The minimum Gasteiger partial charge on any atom is -0.197 e. The molecule has 1 nitrogen and oxygen atoms in total. The molecule has 2 aromatic rings. The number of aryl methyl sites for hydroxylation is 1. The molecule has 0 bridgehead atoms. The molecule has 0 atom stereocenters. The van der Waals surface area contributed by atoms with Gasteiger partial charge in [0.2, 0.25) is 5.52 Å². The Morgan fingerprint density at radius 3 is 2.69 bits per heavy atom. The lowest BCUT2D eigenvalue weighted by Crippen LogP contribution is -2.34. The minimum atomic E-state index is 0.651. The summed E-state index contributed by atoms with van der Waals surface area (Å²) in [6, 6.07) is 12.5. The summed E-state index contributed by atoms with van der Waals surface area (Å²) in [6.45, 7) is 0.864. The van der Waals surface area contributed by atoms with Gasteiger partial charge in [-0.05, 0) is 12.1 Å². The Labute approximate surface area is 82.6 Å².